The van der Waals surface area contributed by atoms with Gasteiger partial charge in [0.2, 0.25) is 0 Å². The zero-order valence-electron chi connectivity index (χ0n) is 8.93. The predicted molar refractivity (Wildman–Crippen MR) is 57.2 cm³/mol. The zero-order chi connectivity index (χ0) is 11.5. The van der Waals surface area contributed by atoms with Gasteiger partial charge in [0.1, 0.15) is 0 Å². The van der Waals surface area contributed by atoms with Crippen LogP contribution in [0, 0.1) is 0 Å². The molecule has 1 saturated heterocycles. The van der Waals surface area contributed by atoms with E-state index in [2.05, 4.69) is 5.10 Å². The number of hydrogen-bond acceptors (Lipinski definition) is 4. The van der Waals surface area contributed by atoms with Gasteiger partial charge < -0.3 is 15.6 Å². The van der Waals surface area contributed by atoms with Crippen LogP contribution in [-0.4, -0.2) is 33.6 Å². The van der Waals surface area contributed by atoms with Crippen LogP contribution in [0.1, 0.15) is 29.8 Å². The lowest BCUT2D eigenvalue weighted by molar-refractivity contribution is 0.00388. The van der Waals surface area contributed by atoms with Crippen LogP contribution in [-0.2, 0) is 11.3 Å². The van der Waals surface area contributed by atoms with Crippen molar-refractivity contribution in [2.45, 2.75) is 31.9 Å². The molecule has 2 rings (SSSR count). The molecule has 0 aromatic carbocycles. The van der Waals surface area contributed by atoms with Crippen LogP contribution in [0.5, 0.6) is 0 Å². The van der Waals surface area contributed by atoms with E-state index in [1.165, 1.54) is 0 Å². The predicted octanol–water partition coefficient (Wildman–Crippen LogP) is 0.733. The van der Waals surface area contributed by atoms with Gasteiger partial charge in [-0.3, -0.25) is 4.68 Å². The maximum atomic E-state index is 10.7. The van der Waals surface area contributed by atoms with Crippen LogP contribution >= 0.6 is 0 Å². The number of carbonyl (C=O) groups is 1. The molecule has 0 saturated carbocycles. The first-order valence-electron chi connectivity index (χ1n) is 5.34. The van der Waals surface area contributed by atoms with Crippen LogP contribution < -0.4 is 5.73 Å². The van der Waals surface area contributed by atoms with Gasteiger partial charge in [0, 0.05) is 12.8 Å². The standard InChI is InChI=1S/C10H15N3O3/c11-8-6-13(12-9(8)10(14)15)5-7-3-1-2-4-16-7/h6-7H,1-5,11H2,(H,14,15). The highest BCUT2D eigenvalue weighted by atomic mass is 16.5. The topological polar surface area (TPSA) is 90.4 Å². The molecule has 0 spiro atoms. The average molecular weight is 225 g/mol. The second kappa shape index (κ2) is 4.52. The Kier molecular flexibility index (Phi) is 3.09. The summed E-state index contributed by atoms with van der Waals surface area (Å²) in [7, 11) is 0. The third-order valence-corrected chi connectivity index (χ3v) is 2.66. The lowest BCUT2D eigenvalue weighted by Gasteiger charge is -2.22. The summed E-state index contributed by atoms with van der Waals surface area (Å²) in [5.74, 6) is -1.10. The summed E-state index contributed by atoms with van der Waals surface area (Å²) in [6, 6.07) is 0. The van der Waals surface area contributed by atoms with Crippen molar-refractivity contribution >= 4 is 11.7 Å². The molecule has 88 valence electrons. The first-order valence-corrected chi connectivity index (χ1v) is 5.34. The maximum absolute atomic E-state index is 10.7. The largest absolute Gasteiger partial charge is 0.476 e. The summed E-state index contributed by atoms with van der Waals surface area (Å²) in [5.41, 5.74) is 5.65. The van der Waals surface area contributed by atoms with Gasteiger partial charge in [-0.25, -0.2) is 4.79 Å². The Labute approximate surface area is 93.0 Å². The van der Waals surface area contributed by atoms with E-state index in [-0.39, 0.29) is 17.5 Å². The van der Waals surface area contributed by atoms with Crippen molar-refractivity contribution in [2.24, 2.45) is 0 Å². The molecule has 6 nitrogen and oxygen atoms in total. The van der Waals surface area contributed by atoms with Crippen molar-refractivity contribution in [2.75, 3.05) is 12.3 Å². The number of aromatic carboxylic acids is 1. The number of rotatable bonds is 3. The van der Waals surface area contributed by atoms with Crippen molar-refractivity contribution in [3.05, 3.63) is 11.9 Å². The molecular formula is C10H15N3O3. The number of nitrogens with zero attached hydrogens (tertiary/aromatic N) is 2. The number of carboxylic acid groups (broad SMARTS) is 1. The zero-order valence-corrected chi connectivity index (χ0v) is 8.93. The molecule has 1 unspecified atom stereocenters. The van der Waals surface area contributed by atoms with Gasteiger partial charge in [-0.2, -0.15) is 5.10 Å². The summed E-state index contributed by atoms with van der Waals surface area (Å²) < 4.78 is 7.09. The highest BCUT2D eigenvalue weighted by Gasteiger charge is 2.18. The summed E-state index contributed by atoms with van der Waals surface area (Å²) in [5, 5.41) is 12.7. The lowest BCUT2D eigenvalue weighted by atomic mass is 10.1. The fourth-order valence-corrected chi connectivity index (χ4v) is 1.86. The average Bonchev–Trinajstić information content (AvgIpc) is 2.61. The quantitative estimate of drug-likeness (QED) is 0.791. The molecule has 0 amide bonds. The van der Waals surface area contributed by atoms with Gasteiger partial charge in [-0.1, -0.05) is 0 Å². The molecular weight excluding hydrogens is 210 g/mol. The van der Waals surface area contributed by atoms with Crippen LogP contribution in [0.15, 0.2) is 6.20 Å². The first kappa shape index (κ1) is 10.9. The molecule has 1 fully saturated rings. The number of aromatic nitrogens is 2. The summed E-state index contributed by atoms with van der Waals surface area (Å²) in [6.07, 6.45) is 4.89. The van der Waals surface area contributed by atoms with E-state index in [4.69, 9.17) is 15.6 Å². The molecule has 1 atom stereocenters. The molecule has 6 heteroatoms. The Hall–Kier alpha value is -1.56. The number of hydrogen-bond donors (Lipinski definition) is 2. The van der Waals surface area contributed by atoms with E-state index in [1.807, 2.05) is 0 Å². The third-order valence-electron chi connectivity index (χ3n) is 2.66. The minimum absolute atomic E-state index is 0.0872. The fraction of sp³-hybridized carbons (Fsp3) is 0.600. The van der Waals surface area contributed by atoms with Gasteiger partial charge in [-0.05, 0) is 19.3 Å². The first-order chi connectivity index (χ1) is 7.66. The fourth-order valence-electron chi connectivity index (χ4n) is 1.86. The van der Waals surface area contributed by atoms with Crippen molar-refractivity contribution in [1.29, 1.82) is 0 Å². The van der Waals surface area contributed by atoms with Gasteiger partial charge in [-0.15, -0.1) is 0 Å². The monoisotopic (exact) mass is 225 g/mol. The molecule has 1 aliphatic rings. The van der Waals surface area contributed by atoms with Crippen molar-refractivity contribution in [1.82, 2.24) is 9.78 Å². The van der Waals surface area contributed by atoms with Gasteiger partial charge in [0.25, 0.3) is 0 Å². The molecule has 1 aromatic rings. The Bertz CT molecular complexity index is 383. The van der Waals surface area contributed by atoms with E-state index in [9.17, 15) is 4.79 Å². The number of nitrogens with two attached hydrogens (primary N) is 1. The SMILES string of the molecule is Nc1cn(CC2CCCCO2)nc1C(=O)O. The lowest BCUT2D eigenvalue weighted by Crippen LogP contribution is -2.24. The molecule has 16 heavy (non-hydrogen) atoms. The minimum Gasteiger partial charge on any atom is -0.476 e. The number of anilines is 1. The molecule has 3 N–H and O–H groups in total. The Morgan fingerprint density at radius 3 is 3.06 bits per heavy atom. The number of carboxylic acids is 1. The molecule has 0 aliphatic carbocycles. The highest BCUT2D eigenvalue weighted by molar-refractivity contribution is 5.91. The second-order valence-electron chi connectivity index (χ2n) is 3.95. The molecule has 2 heterocycles. The maximum Gasteiger partial charge on any atom is 0.358 e. The van der Waals surface area contributed by atoms with E-state index >= 15 is 0 Å². The molecule has 0 bridgehead atoms. The normalized spacial score (nSPS) is 20.9. The summed E-state index contributed by atoms with van der Waals surface area (Å²) in [6.45, 7) is 1.34. The third kappa shape index (κ3) is 2.33. The minimum atomic E-state index is -1.10. The van der Waals surface area contributed by atoms with Crippen LogP contribution in [0.2, 0.25) is 0 Å². The Balaban J connectivity index is 2.03. The number of ether oxygens (including phenoxy) is 1. The van der Waals surface area contributed by atoms with E-state index in [0.29, 0.717) is 6.54 Å². The Morgan fingerprint density at radius 2 is 2.50 bits per heavy atom. The van der Waals surface area contributed by atoms with Gasteiger partial charge >= 0.3 is 5.97 Å². The molecule has 0 radical (unpaired) electrons. The second-order valence-corrected chi connectivity index (χ2v) is 3.95. The van der Waals surface area contributed by atoms with Gasteiger partial charge in [0.05, 0.1) is 18.3 Å². The van der Waals surface area contributed by atoms with Crippen molar-refractivity contribution in [3.63, 3.8) is 0 Å². The van der Waals surface area contributed by atoms with Crippen molar-refractivity contribution < 1.29 is 14.6 Å². The highest BCUT2D eigenvalue weighted by Crippen LogP contribution is 2.16. The molecule has 1 aliphatic heterocycles. The van der Waals surface area contributed by atoms with E-state index < -0.39 is 5.97 Å². The van der Waals surface area contributed by atoms with Crippen LogP contribution in [0.25, 0.3) is 0 Å². The Morgan fingerprint density at radius 1 is 1.69 bits per heavy atom. The van der Waals surface area contributed by atoms with Gasteiger partial charge in [0.15, 0.2) is 5.69 Å². The summed E-state index contributed by atoms with van der Waals surface area (Å²) >= 11 is 0. The van der Waals surface area contributed by atoms with Crippen LogP contribution in [0.3, 0.4) is 0 Å². The number of nitrogen functional groups attached to an aromatic ring is 1. The summed E-state index contributed by atoms with van der Waals surface area (Å²) in [4.78, 5) is 10.7. The molecule has 1 aromatic heterocycles. The van der Waals surface area contributed by atoms with E-state index in [0.717, 1.165) is 25.9 Å². The smallest absolute Gasteiger partial charge is 0.358 e. The van der Waals surface area contributed by atoms with E-state index in [1.54, 1.807) is 10.9 Å². The van der Waals surface area contributed by atoms with Crippen molar-refractivity contribution in [3.8, 4) is 0 Å². The van der Waals surface area contributed by atoms with Crippen LogP contribution in [0.4, 0.5) is 5.69 Å².